The number of hydrogen-bond acceptors (Lipinski definition) is 3. The lowest BCUT2D eigenvalue weighted by molar-refractivity contribution is 0.0915. The molecule has 0 fully saturated rings. The molecular formula is C17H18O3. The fourth-order valence-electron chi connectivity index (χ4n) is 1.80. The second-order valence-corrected chi connectivity index (χ2v) is 4.69. The third kappa shape index (κ3) is 3.85. The third-order valence-corrected chi connectivity index (χ3v) is 2.66. The Kier molecular flexibility index (Phi) is 4.77. The van der Waals surface area contributed by atoms with Crippen LogP contribution in [-0.2, 0) is 0 Å². The number of Topliss-reactive ketones (excluding diaryl/α,β-unsaturated/α-hetero) is 1. The van der Waals surface area contributed by atoms with E-state index in [1.807, 2.05) is 56.3 Å². The largest absolute Gasteiger partial charge is 0.490 e. The first-order valence-corrected chi connectivity index (χ1v) is 6.63. The van der Waals surface area contributed by atoms with Gasteiger partial charge in [0.15, 0.2) is 6.61 Å². The maximum atomic E-state index is 12.2. The van der Waals surface area contributed by atoms with Crippen LogP contribution in [0.4, 0.5) is 0 Å². The minimum atomic E-state index is -0.0925. The Morgan fingerprint density at radius 3 is 2.35 bits per heavy atom. The van der Waals surface area contributed by atoms with Crippen LogP contribution in [0.15, 0.2) is 54.6 Å². The third-order valence-electron chi connectivity index (χ3n) is 2.66. The van der Waals surface area contributed by atoms with Gasteiger partial charge in [-0.1, -0.05) is 30.3 Å². The quantitative estimate of drug-likeness (QED) is 0.750. The SMILES string of the molecule is CC(C)Oc1ccccc1C(=O)COc1ccccc1. The zero-order valence-corrected chi connectivity index (χ0v) is 11.7. The molecule has 0 atom stereocenters. The first kappa shape index (κ1) is 14.1. The topological polar surface area (TPSA) is 35.5 Å². The minimum absolute atomic E-state index is 0.00246. The van der Waals surface area contributed by atoms with E-state index in [4.69, 9.17) is 9.47 Å². The Morgan fingerprint density at radius 2 is 1.65 bits per heavy atom. The van der Waals surface area contributed by atoms with Crippen molar-refractivity contribution in [2.45, 2.75) is 20.0 Å². The van der Waals surface area contributed by atoms with Crippen molar-refractivity contribution in [3.8, 4) is 11.5 Å². The standard InChI is InChI=1S/C17H18O3/c1-13(2)20-17-11-7-6-10-15(17)16(18)12-19-14-8-4-3-5-9-14/h3-11,13H,12H2,1-2H3. The van der Waals surface area contributed by atoms with Gasteiger partial charge in [0.25, 0.3) is 0 Å². The number of rotatable bonds is 6. The number of ketones is 1. The Balaban J connectivity index is 2.05. The van der Waals surface area contributed by atoms with Crippen LogP contribution in [-0.4, -0.2) is 18.5 Å². The maximum Gasteiger partial charge on any atom is 0.203 e. The lowest BCUT2D eigenvalue weighted by Crippen LogP contribution is -2.15. The van der Waals surface area contributed by atoms with Crippen molar-refractivity contribution in [3.05, 3.63) is 60.2 Å². The summed E-state index contributed by atoms with van der Waals surface area (Å²) in [6.45, 7) is 3.87. The highest BCUT2D eigenvalue weighted by Gasteiger charge is 2.13. The van der Waals surface area contributed by atoms with E-state index in [0.29, 0.717) is 17.1 Å². The summed E-state index contributed by atoms with van der Waals surface area (Å²) in [7, 11) is 0. The molecule has 0 heterocycles. The highest BCUT2D eigenvalue weighted by atomic mass is 16.5. The molecule has 0 aliphatic rings. The van der Waals surface area contributed by atoms with Crippen molar-refractivity contribution in [2.24, 2.45) is 0 Å². The number of hydrogen-bond donors (Lipinski definition) is 0. The molecule has 0 aliphatic heterocycles. The maximum absolute atomic E-state index is 12.2. The molecule has 3 heteroatoms. The normalized spacial score (nSPS) is 10.3. The minimum Gasteiger partial charge on any atom is -0.490 e. The van der Waals surface area contributed by atoms with E-state index in [1.165, 1.54) is 0 Å². The fourth-order valence-corrected chi connectivity index (χ4v) is 1.80. The van der Waals surface area contributed by atoms with Gasteiger partial charge in [-0.05, 0) is 38.1 Å². The van der Waals surface area contributed by atoms with Crippen molar-refractivity contribution in [2.75, 3.05) is 6.61 Å². The van der Waals surface area contributed by atoms with Crippen LogP contribution < -0.4 is 9.47 Å². The molecule has 2 aromatic carbocycles. The van der Waals surface area contributed by atoms with Gasteiger partial charge in [0.1, 0.15) is 11.5 Å². The molecule has 0 unspecified atom stereocenters. The van der Waals surface area contributed by atoms with E-state index in [9.17, 15) is 4.79 Å². The van der Waals surface area contributed by atoms with Crippen molar-refractivity contribution in [1.82, 2.24) is 0 Å². The van der Waals surface area contributed by atoms with Crippen LogP contribution in [0.3, 0.4) is 0 Å². The highest BCUT2D eigenvalue weighted by molar-refractivity contribution is 5.99. The number of carbonyl (C=O) groups excluding carboxylic acids is 1. The summed E-state index contributed by atoms with van der Waals surface area (Å²) in [5, 5.41) is 0. The van der Waals surface area contributed by atoms with Gasteiger partial charge in [0, 0.05) is 0 Å². The molecule has 0 spiro atoms. The second-order valence-electron chi connectivity index (χ2n) is 4.69. The lowest BCUT2D eigenvalue weighted by atomic mass is 10.1. The second kappa shape index (κ2) is 6.75. The van der Waals surface area contributed by atoms with Crippen LogP contribution in [0, 0.1) is 0 Å². The molecule has 0 N–H and O–H groups in total. The van der Waals surface area contributed by atoms with E-state index in [0.717, 1.165) is 0 Å². The molecule has 0 bridgehead atoms. The van der Waals surface area contributed by atoms with Crippen LogP contribution in [0.5, 0.6) is 11.5 Å². The van der Waals surface area contributed by atoms with Crippen LogP contribution in [0.2, 0.25) is 0 Å². The van der Waals surface area contributed by atoms with E-state index in [-0.39, 0.29) is 18.5 Å². The highest BCUT2D eigenvalue weighted by Crippen LogP contribution is 2.20. The summed E-state index contributed by atoms with van der Waals surface area (Å²) in [5.74, 6) is 1.19. The van der Waals surface area contributed by atoms with Crippen molar-refractivity contribution in [3.63, 3.8) is 0 Å². The summed E-state index contributed by atoms with van der Waals surface area (Å²) in [5.41, 5.74) is 0.553. The predicted octanol–water partition coefficient (Wildman–Crippen LogP) is 3.74. The van der Waals surface area contributed by atoms with E-state index in [2.05, 4.69) is 0 Å². The van der Waals surface area contributed by atoms with E-state index in [1.54, 1.807) is 12.1 Å². The van der Waals surface area contributed by atoms with Gasteiger partial charge in [-0.15, -0.1) is 0 Å². The van der Waals surface area contributed by atoms with Crippen LogP contribution in [0.25, 0.3) is 0 Å². The Labute approximate surface area is 119 Å². The van der Waals surface area contributed by atoms with Crippen molar-refractivity contribution >= 4 is 5.78 Å². The van der Waals surface area contributed by atoms with Gasteiger partial charge in [0.2, 0.25) is 5.78 Å². The number of carbonyl (C=O) groups is 1. The number of para-hydroxylation sites is 2. The van der Waals surface area contributed by atoms with E-state index < -0.39 is 0 Å². The predicted molar refractivity (Wildman–Crippen MR) is 78.5 cm³/mol. The number of benzene rings is 2. The van der Waals surface area contributed by atoms with Crippen LogP contribution in [0.1, 0.15) is 24.2 Å². The van der Waals surface area contributed by atoms with Gasteiger partial charge < -0.3 is 9.47 Å². The van der Waals surface area contributed by atoms with Gasteiger partial charge >= 0.3 is 0 Å². The molecule has 0 radical (unpaired) electrons. The summed E-state index contributed by atoms with van der Waals surface area (Å²) in [4.78, 5) is 12.2. The van der Waals surface area contributed by atoms with Gasteiger partial charge in [-0.3, -0.25) is 4.79 Å². The van der Waals surface area contributed by atoms with Crippen molar-refractivity contribution < 1.29 is 14.3 Å². The zero-order chi connectivity index (χ0) is 14.4. The molecule has 2 rings (SSSR count). The molecule has 0 saturated carbocycles. The summed E-state index contributed by atoms with van der Waals surface area (Å²) >= 11 is 0. The smallest absolute Gasteiger partial charge is 0.203 e. The molecule has 2 aromatic rings. The molecule has 3 nitrogen and oxygen atoms in total. The molecule has 0 amide bonds. The first-order chi connectivity index (χ1) is 9.66. The average molecular weight is 270 g/mol. The molecule has 0 saturated heterocycles. The molecule has 0 aliphatic carbocycles. The van der Waals surface area contributed by atoms with Crippen molar-refractivity contribution in [1.29, 1.82) is 0 Å². The van der Waals surface area contributed by atoms with Gasteiger partial charge in [0.05, 0.1) is 11.7 Å². The number of ether oxygens (including phenoxy) is 2. The monoisotopic (exact) mass is 270 g/mol. The molecular weight excluding hydrogens is 252 g/mol. The Morgan fingerprint density at radius 1 is 1.00 bits per heavy atom. The summed E-state index contributed by atoms with van der Waals surface area (Å²) in [6, 6.07) is 16.5. The molecule has 20 heavy (non-hydrogen) atoms. The van der Waals surface area contributed by atoms with Gasteiger partial charge in [-0.2, -0.15) is 0 Å². The zero-order valence-electron chi connectivity index (χ0n) is 11.7. The van der Waals surface area contributed by atoms with Crippen LogP contribution >= 0.6 is 0 Å². The average Bonchev–Trinajstić information content (AvgIpc) is 2.46. The lowest BCUT2D eigenvalue weighted by Gasteiger charge is -2.13. The Hall–Kier alpha value is -2.29. The Bertz CT molecular complexity index is 561. The first-order valence-electron chi connectivity index (χ1n) is 6.63. The fraction of sp³-hybridized carbons (Fsp3) is 0.235. The summed E-state index contributed by atoms with van der Waals surface area (Å²) < 4.78 is 11.1. The van der Waals surface area contributed by atoms with Gasteiger partial charge in [-0.25, -0.2) is 0 Å². The molecule has 104 valence electrons. The molecule has 0 aromatic heterocycles. The van der Waals surface area contributed by atoms with E-state index >= 15 is 0 Å². The summed E-state index contributed by atoms with van der Waals surface area (Å²) in [6.07, 6.45) is 0.0268.